The fraction of sp³-hybridized carbons (Fsp3) is 0.316. The van der Waals surface area contributed by atoms with Crippen molar-refractivity contribution in [2.24, 2.45) is 0 Å². The first-order valence-electron chi connectivity index (χ1n) is 7.85. The molecule has 0 aromatic heterocycles. The Balaban J connectivity index is 2.17. The molecule has 0 fully saturated rings. The minimum Gasteiger partial charge on any atom is -0.494 e. The van der Waals surface area contributed by atoms with Crippen molar-refractivity contribution in [1.82, 2.24) is 0 Å². The molecule has 23 heavy (non-hydrogen) atoms. The first-order chi connectivity index (χ1) is 11.1. The molecule has 0 bridgehead atoms. The summed E-state index contributed by atoms with van der Waals surface area (Å²) < 4.78 is 11.0. The Hall–Kier alpha value is -2.33. The molecule has 0 heterocycles. The molecule has 0 spiro atoms. The molecule has 1 N–H and O–H groups in total. The lowest BCUT2D eigenvalue weighted by molar-refractivity contribution is 0.102. The summed E-state index contributed by atoms with van der Waals surface area (Å²) in [5.41, 5.74) is 3.40. The molecular weight excluding hydrogens is 290 g/mol. The predicted molar refractivity (Wildman–Crippen MR) is 92.1 cm³/mol. The smallest absolute Gasteiger partial charge is 0.255 e. The van der Waals surface area contributed by atoms with E-state index >= 15 is 0 Å². The van der Waals surface area contributed by atoms with Gasteiger partial charge in [0.2, 0.25) is 0 Å². The highest BCUT2D eigenvalue weighted by molar-refractivity contribution is 6.04. The van der Waals surface area contributed by atoms with Crippen LogP contribution in [0.3, 0.4) is 0 Å². The van der Waals surface area contributed by atoms with Crippen molar-refractivity contribution < 1.29 is 14.3 Å². The Morgan fingerprint density at radius 3 is 2.43 bits per heavy atom. The molecule has 0 aliphatic rings. The Labute approximate surface area is 137 Å². The van der Waals surface area contributed by atoms with Crippen LogP contribution in [0.5, 0.6) is 5.75 Å². The van der Waals surface area contributed by atoms with Gasteiger partial charge in [-0.05, 0) is 51.1 Å². The molecule has 0 saturated carbocycles. The van der Waals surface area contributed by atoms with Crippen molar-refractivity contribution in [3.05, 3.63) is 59.2 Å². The van der Waals surface area contributed by atoms with Gasteiger partial charge in [-0.3, -0.25) is 4.79 Å². The Bertz CT molecular complexity index is 650. The number of amides is 1. The van der Waals surface area contributed by atoms with Gasteiger partial charge in [0, 0.05) is 23.4 Å². The van der Waals surface area contributed by atoms with Crippen molar-refractivity contribution in [3.63, 3.8) is 0 Å². The van der Waals surface area contributed by atoms with E-state index in [2.05, 4.69) is 5.32 Å². The van der Waals surface area contributed by atoms with Gasteiger partial charge in [0.1, 0.15) is 5.75 Å². The van der Waals surface area contributed by atoms with Gasteiger partial charge in [-0.15, -0.1) is 0 Å². The zero-order valence-corrected chi connectivity index (χ0v) is 13.9. The van der Waals surface area contributed by atoms with Crippen LogP contribution >= 0.6 is 0 Å². The summed E-state index contributed by atoms with van der Waals surface area (Å²) in [5.74, 6) is 0.613. The van der Waals surface area contributed by atoms with Gasteiger partial charge >= 0.3 is 0 Å². The van der Waals surface area contributed by atoms with E-state index in [9.17, 15) is 4.79 Å². The van der Waals surface area contributed by atoms with Gasteiger partial charge in [0.05, 0.1) is 13.2 Å². The third-order valence-corrected chi connectivity index (χ3v) is 3.39. The van der Waals surface area contributed by atoms with Gasteiger partial charge in [-0.25, -0.2) is 0 Å². The minimum atomic E-state index is -0.144. The molecule has 2 aromatic rings. The van der Waals surface area contributed by atoms with Crippen molar-refractivity contribution in [2.75, 3.05) is 18.5 Å². The lowest BCUT2D eigenvalue weighted by Crippen LogP contribution is -2.12. The van der Waals surface area contributed by atoms with Crippen LogP contribution in [-0.4, -0.2) is 19.1 Å². The first kappa shape index (κ1) is 17.0. The van der Waals surface area contributed by atoms with Crippen molar-refractivity contribution in [2.45, 2.75) is 27.4 Å². The summed E-state index contributed by atoms with van der Waals surface area (Å²) in [5, 5.41) is 2.90. The third kappa shape index (κ3) is 4.83. The van der Waals surface area contributed by atoms with E-state index in [0.717, 1.165) is 22.6 Å². The van der Waals surface area contributed by atoms with E-state index < -0.39 is 0 Å². The summed E-state index contributed by atoms with van der Waals surface area (Å²) in [4.78, 5) is 12.4. The number of carbonyl (C=O) groups is 1. The number of hydrogen-bond donors (Lipinski definition) is 1. The van der Waals surface area contributed by atoms with Crippen molar-refractivity contribution in [3.8, 4) is 5.75 Å². The standard InChI is InChI=1S/C19H23NO3/c1-4-22-13-16-12-15(8-11-18(16)23-5-2)19(21)20-17-9-6-14(3)7-10-17/h6-12H,4-5,13H2,1-3H3,(H,20,21). The number of carbonyl (C=O) groups excluding carboxylic acids is 1. The second kappa shape index (κ2) is 8.34. The molecule has 122 valence electrons. The molecule has 4 heteroatoms. The average Bonchev–Trinajstić information content (AvgIpc) is 2.56. The van der Waals surface area contributed by atoms with E-state index in [1.54, 1.807) is 6.07 Å². The van der Waals surface area contributed by atoms with Gasteiger partial charge in [-0.1, -0.05) is 17.7 Å². The van der Waals surface area contributed by atoms with E-state index in [4.69, 9.17) is 9.47 Å². The molecular formula is C19H23NO3. The zero-order chi connectivity index (χ0) is 16.7. The largest absolute Gasteiger partial charge is 0.494 e. The van der Waals surface area contributed by atoms with Gasteiger partial charge in [0.15, 0.2) is 0 Å². The lowest BCUT2D eigenvalue weighted by Gasteiger charge is -2.12. The van der Waals surface area contributed by atoms with Gasteiger partial charge < -0.3 is 14.8 Å². The van der Waals surface area contributed by atoms with Crippen LogP contribution in [-0.2, 0) is 11.3 Å². The Kier molecular flexibility index (Phi) is 6.18. The van der Waals surface area contributed by atoms with Crippen LogP contribution in [0.25, 0.3) is 0 Å². The molecule has 0 aliphatic carbocycles. The SMILES string of the molecule is CCOCc1cc(C(=O)Nc2ccc(C)cc2)ccc1OCC. The molecule has 0 atom stereocenters. The summed E-state index contributed by atoms with van der Waals surface area (Å²) >= 11 is 0. The molecule has 4 nitrogen and oxygen atoms in total. The first-order valence-corrected chi connectivity index (χ1v) is 7.85. The highest BCUT2D eigenvalue weighted by atomic mass is 16.5. The fourth-order valence-electron chi connectivity index (χ4n) is 2.18. The van der Waals surface area contributed by atoms with Crippen molar-refractivity contribution >= 4 is 11.6 Å². The molecule has 2 aromatic carbocycles. The van der Waals surface area contributed by atoms with Crippen LogP contribution < -0.4 is 10.1 Å². The fourth-order valence-corrected chi connectivity index (χ4v) is 2.18. The monoisotopic (exact) mass is 313 g/mol. The number of ether oxygens (including phenoxy) is 2. The maximum atomic E-state index is 12.4. The number of anilines is 1. The number of benzene rings is 2. The maximum absolute atomic E-state index is 12.4. The topological polar surface area (TPSA) is 47.6 Å². The van der Waals surface area contributed by atoms with Crippen molar-refractivity contribution in [1.29, 1.82) is 0 Å². The second-order valence-corrected chi connectivity index (χ2v) is 5.21. The second-order valence-electron chi connectivity index (χ2n) is 5.21. The highest BCUT2D eigenvalue weighted by Crippen LogP contribution is 2.22. The normalized spacial score (nSPS) is 10.4. The predicted octanol–water partition coefficient (Wildman–Crippen LogP) is 4.18. The minimum absolute atomic E-state index is 0.144. The van der Waals surface area contributed by atoms with E-state index in [1.807, 2.05) is 57.2 Å². The highest BCUT2D eigenvalue weighted by Gasteiger charge is 2.11. The molecule has 0 aliphatic heterocycles. The zero-order valence-electron chi connectivity index (χ0n) is 13.9. The van der Waals surface area contributed by atoms with E-state index in [-0.39, 0.29) is 5.91 Å². The average molecular weight is 313 g/mol. The van der Waals surface area contributed by atoms with Gasteiger partial charge in [0.25, 0.3) is 5.91 Å². The molecule has 2 rings (SSSR count). The molecule has 0 radical (unpaired) electrons. The Morgan fingerprint density at radius 2 is 1.78 bits per heavy atom. The van der Waals surface area contributed by atoms with Crippen LogP contribution in [0.1, 0.15) is 35.3 Å². The quantitative estimate of drug-likeness (QED) is 0.834. The Morgan fingerprint density at radius 1 is 1.04 bits per heavy atom. The number of hydrogen-bond acceptors (Lipinski definition) is 3. The van der Waals surface area contributed by atoms with Crippen LogP contribution in [0.15, 0.2) is 42.5 Å². The lowest BCUT2D eigenvalue weighted by atomic mass is 10.1. The van der Waals surface area contributed by atoms with Crippen LogP contribution in [0, 0.1) is 6.92 Å². The van der Waals surface area contributed by atoms with E-state index in [1.165, 1.54) is 0 Å². The van der Waals surface area contributed by atoms with Crippen LogP contribution in [0.2, 0.25) is 0 Å². The maximum Gasteiger partial charge on any atom is 0.255 e. The summed E-state index contributed by atoms with van der Waals surface area (Å²) in [6, 6.07) is 13.1. The summed E-state index contributed by atoms with van der Waals surface area (Å²) in [6.45, 7) is 7.51. The number of nitrogens with one attached hydrogen (secondary N) is 1. The molecule has 0 saturated heterocycles. The van der Waals surface area contributed by atoms with E-state index in [0.29, 0.717) is 25.4 Å². The summed E-state index contributed by atoms with van der Waals surface area (Å²) in [6.07, 6.45) is 0. The summed E-state index contributed by atoms with van der Waals surface area (Å²) in [7, 11) is 0. The molecule has 0 unspecified atom stereocenters. The number of rotatable bonds is 7. The van der Waals surface area contributed by atoms with Crippen LogP contribution in [0.4, 0.5) is 5.69 Å². The number of aryl methyl sites for hydroxylation is 1. The van der Waals surface area contributed by atoms with Gasteiger partial charge in [-0.2, -0.15) is 0 Å². The molecule has 1 amide bonds. The third-order valence-electron chi connectivity index (χ3n) is 3.39.